The highest BCUT2D eigenvalue weighted by Crippen LogP contribution is 2.32. The van der Waals surface area contributed by atoms with E-state index >= 15 is 4.39 Å². The van der Waals surface area contributed by atoms with Crippen molar-refractivity contribution in [2.75, 3.05) is 18.0 Å². The summed E-state index contributed by atoms with van der Waals surface area (Å²) in [6.07, 6.45) is 3.44. The number of carbonyl (C=O) groups is 1. The van der Waals surface area contributed by atoms with Crippen molar-refractivity contribution in [1.29, 1.82) is 0 Å². The Kier molecular flexibility index (Phi) is 5.60. The molecular formula is C25H24FN5O2. The molecule has 3 heterocycles. The summed E-state index contributed by atoms with van der Waals surface area (Å²) < 4.78 is 20.7. The van der Waals surface area contributed by atoms with Crippen LogP contribution < -0.4 is 10.2 Å². The number of benzene rings is 2. The number of aromatic nitrogens is 3. The van der Waals surface area contributed by atoms with Crippen LogP contribution in [0.4, 0.5) is 10.2 Å². The molecule has 2 aromatic carbocycles. The van der Waals surface area contributed by atoms with Crippen LogP contribution in [0.15, 0.2) is 53.1 Å². The second-order valence-electron chi connectivity index (χ2n) is 8.30. The smallest absolute Gasteiger partial charge is 0.262 e. The molecule has 5 rings (SSSR count). The molecule has 1 aliphatic heterocycles. The monoisotopic (exact) mass is 445 g/mol. The molecule has 0 saturated carbocycles. The Morgan fingerprint density at radius 1 is 1.18 bits per heavy atom. The number of nitrogens with one attached hydrogen (secondary N) is 1. The molecule has 0 aliphatic carbocycles. The van der Waals surface area contributed by atoms with Crippen molar-refractivity contribution in [3.05, 3.63) is 71.5 Å². The summed E-state index contributed by atoms with van der Waals surface area (Å²) in [5.74, 6) is 0.0983. The van der Waals surface area contributed by atoms with E-state index in [9.17, 15) is 4.79 Å². The lowest BCUT2D eigenvalue weighted by atomic mass is 10.0. The Morgan fingerprint density at radius 3 is 2.79 bits per heavy atom. The number of fused-ring (bicyclic) bond motifs is 1. The second kappa shape index (κ2) is 8.71. The molecule has 0 spiro atoms. The maximum absolute atomic E-state index is 15.3. The first-order valence-electron chi connectivity index (χ1n) is 11.0. The summed E-state index contributed by atoms with van der Waals surface area (Å²) >= 11 is 0. The summed E-state index contributed by atoms with van der Waals surface area (Å²) in [7, 11) is 0. The Labute approximate surface area is 190 Å². The van der Waals surface area contributed by atoms with Crippen LogP contribution in [0.25, 0.3) is 22.2 Å². The zero-order chi connectivity index (χ0) is 22.9. The van der Waals surface area contributed by atoms with Gasteiger partial charge >= 0.3 is 0 Å². The van der Waals surface area contributed by atoms with Gasteiger partial charge in [-0.25, -0.2) is 9.37 Å². The molecule has 1 fully saturated rings. The molecule has 1 saturated heterocycles. The van der Waals surface area contributed by atoms with Crippen molar-refractivity contribution >= 4 is 22.5 Å². The quantitative estimate of drug-likeness (QED) is 0.500. The highest BCUT2D eigenvalue weighted by molar-refractivity contribution is 6.11. The van der Waals surface area contributed by atoms with E-state index in [1.807, 2.05) is 31.2 Å². The summed E-state index contributed by atoms with van der Waals surface area (Å²) in [4.78, 5) is 20.1. The first-order valence-corrected chi connectivity index (χ1v) is 11.0. The summed E-state index contributed by atoms with van der Waals surface area (Å²) in [5.41, 5.74) is 1.42. The van der Waals surface area contributed by atoms with Gasteiger partial charge in [0.15, 0.2) is 0 Å². The maximum Gasteiger partial charge on any atom is 0.262 e. The van der Waals surface area contributed by atoms with Gasteiger partial charge < -0.3 is 9.73 Å². The van der Waals surface area contributed by atoms with Crippen molar-refractivity contribution in [3.8, 4) is 11.5 Å². The zero-order valence-corrected chi connectivity index (χ0v) is 18.5. The highest BCUT2D eigenvalue weighted by atomic mass is 19.1. The fourth-order valence-corrected chi connectivity index (χ4v) is 4.42. The van der Waals surface area contributed by atoms with Crippen LogP contribution in [0.1, 0.15) is 34.7 Å². The van der Waals surface area contributed by atoms with E-state index in [-0.39, 0.29) is 17.5 Å². The van der Waals surface area contributed by atoms with E-state index in [2.05, 4.69) is 20.5 Å². The van der Waals surface area contributed by atoms with Gasteiger partial charge in [-0.2, -0.15) is 0 Å². The lowest BCUT2D eigenvalue weighted by molar-refractivity contribution is 0.0968. The summed E-state index contributed by atoms with van der Waals surface area (Å²) in [6, 6.07) is 12.1. The van der Waals surface area contributed by atoms with E-state index in [1.165, 1.54) is 12.1 Å². The standard InChI is InChI=1S/C25H24FN5O2/c1-15-5-3-6-17-10-12-28-23(22(15)17)31(19-7-4-11-27-14-19)25(32)20-9-8-18(13-21(20)26)24-30-29-16(2)33-24/h3,5-6,8-10,12-13,19,27H,4,7,11,14H2,1-2H3/t19-/m1/s1. The molecule has 33 heavy (non-hydrogen) atoms. The number of pyridine rings is 1. The van der Waals surface area contributed by atoms with Gasteiger partial charge in [-0.05, 0) is 61.5 Å². The van der Waals surface area contributed by atoms with Gasteiger partial charge in [-0.15, -0.1) is 10.2 Å². The Morgan fingerprint density at radius 2 is 2.06 bits per heavy atom. The molecular weight excluding hydrogens is 421 g/mol. The third-order valence-corrected chi connectivity index (χ3v) is 6.04. The Balaban J connectivity index is 1.60. The van der Waals surface area contributed by atoms with Crippen LogP contribution in [-0.4, -0.2) is 40.2 Å². The summed E-state index contributed by atoms with van der Waals surface area (Å²) in [6.45, 7) is 5.18. The minimum absolute atomic E-state index is 0.0204. The second-order valence-corrected chi connectivity index (χ2v) is 8.30. The first kappa shape index (κ1) is 21.2. The molecule has 0 bridgehead atoms. The molecule has 7 nitrogen and oxygen atoms in total. The minimum atomic E-state index is -0.640. The van der Waals surface area contributed by atoms with Gasteiger partial charge in [0.05, 0.1) is 11.6 Å². The SMILES string of the molecule is Cc1nnc(-c2ccc(C(=O)N(c3nccc4cccc(C)c34)[C@@H]3CCCNC3)c(F)c2)o1. The number of amides is 1. The number of rotatable bonds is 4. The third-order valence-electron chi connectivity index (χ3n) is 6.04. The number of aryl methyl sites for hydroxylation is 2. The van der Waals surface area contributed by atoms with Gasteiger partial charge in [0.25, 0.3) is 5.91 Å². The van der Waals surface area contributed by atoms with Crippen molar-refractivity contribution in [2.45, 2.75) is 32.7 Å². The molecule has 0 unspecified atom stereocenters. The van der Waals surface area contributed by atoms with Crippen molar-refractivity contribution < 1.29 is 13.6 Å². The predicted molar refractivity (Wildman–Crippen MR) is 124 cm³/mol. The Hall–Kier alpha value is -3.65. The molecule has 8 heteroatoms. The van der Waals surface area contributed by atoms with E-state index < -0.39 is 11.7 Å². The molecule has 1 atom stereocenters. The van der Waals surface area contributed by atoms with E-state index in [0.717, 1.165) is 35.7 Å². The number of halogens is 1. The topological polar surface area (TPSA) is 84.2 Å². The minimum Gasteiger partial charge on any atom is -0.421 e. The average molecular weight is 445 g/mol. The van der Waals surface area contributed by atoms with Gasteiger partial charge in [-0.1, -0.05) is 18.2 Å². The molecule has 168 valence electrons. The van der Waals surface area contributed by atoms with Crippen molar-refractivity contribution in [3.63, 3.8) is 0 Å². The van der Waals surface area contributed by atoms with Crippen LogP contribution in [0.2, 0.25) is 0 Å². The van der Waals surface area contributed by atoms with Crippen LogP contribution in [0.3, 0.4) is 0 Å². The highest BCUT2D eigenvalue weighted by Gasteiger charge is 2.31. The number of hydrogen-bond acceptors (Lipinski definition) is 6. The van der Waals surface area contributed by atoms with Crippen LogP contribution in [0, 0.1) is 19.7 Å². The van der Waals surface area contributed by atoms with Crippen LogP contribution in [-0.2, 0) is 0 Å². The van der Waals surface area contributed by atoms with Gasteiger partial charge in [-0.3, -0.25) is 9.69 Å². The summed E-state index contributed by atoms with van der Waals surface area (Å²) in [5, 5.41) is 13.0. The number of carbonyl (C=O) groups excluding carboxylic acids is 1. The zero-order valence-electron chi connectivity index (χ0n) is 18.5. The van der Waals surface area contributed by atoms with E-state index in [0.29, 0.717) is 23.8 Å². The lowest BCUT2D eigenvalue weighted by Crippen LogP contribution is -2.49. The third kappa shape index (κ3) is 3.98. The number of nitrogens with zero attached hydrogens (tertiary/aromatic N) is 4. The maximum atomic E-state index is 15.3. The van der Waals surface area contributed by atoms with Crippen molar-refractivity contribution in [2.24, 2.45) is 0 Å². The average Bonchev–Trinajstić information content (AvgIpc) is 3.26. The van der Waals surface area contributed by atoms with Crippen LogP contribution in [0.5, 0.6) is 0 Å². The molecule has 2 aromatic heterocycles. The fraction of sp³-hybridized carbons (Fsp3) is 0.280. The van der Waals surface area contributed by atoms with Crippen molar-refractivity contribution in [1.82, 2.24) is 20.5 Å². The van der Waals surface area contributed by atoms with Crippen LogP contribution >= 0.6 is 0 Å². The van der Waals surface area contributed by atoms with Gasteiger partial charge in [0.2, 0.25) is 11.8 Å². The van der Waals surface area contributed by atoms with E-state index in [1.54, 1.807) is 24.1 Å². The number of hydrogen-bond donors (Lipinski definition) is 1. The van der Waals surface area contributed by atoms with Gasteiger partial charge in [0.1, 0.15) is 11.6 Å². The molecule has 0 radical (unpaired) electrons. The largest absolute Gasteiger partial charge is 0.421 e. The normalized spacial score (nSPS) is 16.2. The number of anilines is 1. The Bertz CT molecular complexity index is 1320. The molecule has 4 aromatic rings. The molecule has 1 amide bonds. The molecule has 1 aliphatic rings. The number of piperidine rings is 1. The van der Waals surface area contributed by atoms with E-state index in [4.69, 9.17) is 4.42 Å². The van der Waals surface area contributed by atoms with Gasteiger partial charge in [0, 0.05) is 30.6 Å². The first-order chi connectivity index (χ1) is 16.0. The predicted octanol–water partition coefficient (Wildman–Crippen LogP) is 4.44. The molecule has 1 N–H and O–H groups in total. The fourth-order valence-electron chi connectivity index (χ4n) is 4.42. The lowest BCUT2D eigenvalue weighted by Gasteiger charge is -2.35.